The topological polar surface area (TPSA) is 59.4 Å². The van der Waals surface area contributed by atoms with Crippen LogP contribution in [0, 0.1) is 0 Å². The van der Waals surface area contributed by atoms with E-state index in [0.29, 0.717) is 12.5 Å². The lowest BCUT2D eigenvalue weighted by Gasteiger charge is -2.27. The van der Waals surface area contributed by atoms with E-state index in [4.69, 9.17) is 10.7 Å². The zero-order chi connectivity index (χ0) is 15.5. The number of hydrogen-bond acceptors (Lipinski definition) is 3. The van der Waals surface area contributed by atoms with Crippen molar-refractivity contribution < 1.29 is 0 Å². The molecule has 0 unspecified atom stereocenters. The van der Waals surface area contributed by atoms with Crippen molar-refractivity contribution in [2.24, 2.45) is 10.7 Å². The summed E-state index contributed by atoms with van der Waals surface area (Å²) in [6.45, 7) is 5.49. The SMILES string of the molecule is CCn1c(CN=C(N)N2CCSCC2)nc2cc(Br)ccc21.I. The third-order valence-corrected chi connectivity index (χ3v) is 5.26. The van der Waals surface area contributed by atoms with Crippen LogP contribution in [-0.2, 0) is 13.1 Å². The van der Waals surface area contributed by atoms with E-state index in [1.807, 2.05) is 23.9 Å². The number of aryl methyl sites for hydroxylation is 1. The number of imidazole rings is 1. The number of thioether (sulfide) groups is 1. The van der Waals surface area contributed by atoms with Crippen LogP contribution < -0.4 is 5.73 Å². The fourth-order valence-corrected chi connectivity index (χ4v) is 3.92. The maximum absolute atomic E-state index is 6.13. The van der Waals surface area contributed by atoms with Gasteiger partial charge in [-0.3, -0.25) is 0 Å². The molecule has 126 valence electrons. The van der Waals surface area contributed by atoms with Gasteiger partial charge in [-0.2, -0.15) is 11.8 Å². The van der Waals surface area contributed by atoms with Gasteiger partial charge in [0.2, 0.25) is 0 Å². The number of rotatable bonds is 3. The predicted molar refractivity (Wildman–Crippen MR) is 113 cm³/mol. The molecule has 0 saturated carbocycles. The molecule has 0 spiro atoms. The molecule has 0 amide bonds. The van der Waals surface area contributed by atoms with Crippen molar-refractivity contribution in [1.29, 1.82) is 0 Å². The molecule has 8 heteroatoms. The Kier molecular flexibility index (Phi) is 7.02. The van der Waals surface area contributed by atoms with Gasteiger partial charge in [0.1, 0.15) is 12.4 Å². The monoisotopic (exact) mass is 509 g/mol. The Morgan fingerprint density at radius 3 is 2.83 bits per heavy atom. The number of benzene rings is 1. The van der Waals surface area contributed by atoms with Crippen LogP contribution in [0.25, 0.3) is 11.0 Å². The van der Waals surface area contributed by atoms with Gasteiger partial charge in [0.15, 0.2) is 5.96 Å². The van der Waals surface area contributed by atoms with E-state index in [-0.39, 0.29) is 24.0 Å². The molecular formula is C15H21BrIN5S. The van der Waals surface area contributed by atoms with Gasteiger partial charge >= 0.3 is 0 Å². The molecule has 0 radical (unpaired) electrons. The number of guanidine groups is 1. The summed E-state index contributed by atoms with van der Waals surface area (Å²) in [5.41, 5.74) is 8.27. The van der Waals surface area contributed by atoms with Crippen molar-refractivity contribution in [2.45, 2.75) is 20.0 Å². The molecule has 1 saturated heterocycles. The maximum Gasteiger partial charge on any atom is 0.191 e. The van der Waals surface area contributed by atoms with Gasteiger partial charge in [0.05, 0.1) is 11.0 Å². The van der Waals surface area contributed by atoms with Gasteiger partial charge in [-0.15, -0.1) is 24.0 Å². The number of aromatic nitrogens is 2. The average molecular weight is 510 g/mol. The van der Waals surface area contributed by atoms with Crippen molar-refractivity contribution in [3.05, 3.63) is 28.5 Å². The number of halogens is 2. The van der Waals surface area contributed by atoms with Gasteiger partial charge < -0.3 is 15.2 Å². The second-order valence-corrected chi connectivity index (χ2v) is 7.32. The van der Waals surface area contributed by atoms with E-state index in [0.717, 1.165) is 52.5 Å². The highest BCUT2D eigenvalue weighted by molar-refractivity contribution is 14.0. The van der Waals surface area contributed by atoms with Crippen LogP contribution >= 0.6 is 51.7 Å². The molecule has 1 aromatic carbocycles. The fraction of sp³-hybridized carbons (Fsp3) is 0.467. The minimum Gasteiger partial charge on any atom is -0.370 e. The zero-order valence-corrected chi connectivity index (χ0v) is 17.8. The molecule has 0 bridgehead atoms. The van der Waals surface area contributed by atoms with E-state index in [2.05, 4.69) is 43.4 Å². The smallest absolute Gasteiger partial charge is 0.191 e. The van der Waals surface area contributed by atoms with Crippen molar-refractivity contribution in [1.82, 2.24) is 14.5 Å². The Balaban J connectivity index is 0.00000192. The van der Waals surface area contributed by atoms with Crippen LogP contribution in [0.3, 0.4) is 0 Å². The summed E-state index contributed by atoms with van der Waals surface area (Å²) in [4.78, 5) is 11.4. The van der Waals surface area contributed by atoms with Crippen LogP contribution in [0.2, 0.25) is 0 Å². The van der Waals surface area contributed by atoms with Gasteiger partial charge in [-0.05, 0) is 25.1 Å². The Morgan fingerprint density at radius 2 is 2.13 bits per heavy atom. The highest BCUT2D eigenvalue weighted by Crippen LogP contribution is 2.21. The van der Waals surface area contributed by atoms with Crippen LogP contribution in [-0.4, -0.2) is 45.0 Å². The summed E-state index contributed by atoms with van der Waals surface area (Å²) in [6, 6.07) is 6.18. The summed E-state index contributed by atoms with van der Waals surface area (Å²) < 4.78 is 3.24. The molecule has 1 fully saturated rings. The van der Waals surface area contributed by atoms with E-state index in [9.17, 15) is 0 Å². The van der Waals surface area contributed by atoms with Gasteiger partial charge in [0.25, 0.3) is 0 Å². The molecule has 1 aliphatic rings. The van der Waals surface area contributed by atoms with Crippen LogP contribution in [0.15, 0.2) is 27.7 Å². The van der Waals surface area contributed by atoms with E-state index < -0.39 is 0 Å². The van der Waals surface area contributed by atoms with Gasteiger partial charge in [-0.25, -0.2) is 9.98 Å². The summed E-state index contributed by atoms with van der Waals surface area (Å²) in [5.74, 6) is 3.84. The zero-order valence-electron chi connectivity index (χ0n) is 13.0. The minimum absolute atomic E-state index is 0. The Labute approximate surface area is 166 Å². The average Bonchev–Trinajstić information content (AvgIpc) is 2.89. The summed E-state index contributed by atoms with van der Waals surface area (Å²) in [6.07, 6.45) is 0. The summed E-state index contributed by atoms with van der Waals surface area (Å²) >= 11 is 5.46. The highest BCUT2D eigenvalue weighted by atomic mass is 127. The van der Waals surface area contributed by atoms with Crippen LogP contribution in [0.5, 0.6) is 0 Å². The molecule has 0 aliphatic carbocycles. The van der Waals surface area contributed by atoms with E-state index >= 15 is 0 Å². The Hall–Kier alpha value is -0.480. The molecule has 5 nitrogen and oxygen atoms in total. The molecule has 0 atom stereocenters. The minimum atomic E-state index is 0. The third kappa shape index (κ3) is 4.33. The first-order valence-electron chi connectivity index (χ1n) is 7.46. The third-order valence-electron chi connectivity index (χ3n) is 3.82. The Bertz CT molecular complexity index is 696. The van der Waals surface area contributed by atoms with Crippen molar-refractivity contribution in [3.63, 3.8) is 0 Å². The van der Waals surface area contributed by atoms with Crippen LogP contribution in [0.1, 0.15) is 12.7 Å². The van der Waals surface area contributed by atoms with E-state index in [1.54, 1.807) is 0 Å². The Morgan fingerprint density at radius 1 is 1.39 bits per heavy atom. The van der Waals surface area contributed by atoms with Gasteiger partial charge in [-0.1, -0.05) is 15.9 Å². The molecule has 23 heavy (non-hydrogen) atoms. The standard InChI is InChI=1S/C15H20BrN5S.HI/c1-2-21-13-4-3-11(16)9-12(13)19-14(21)10-18-15(17)20-5-7-22-8-6-20;/h3-4,9H,2,5-8,10H2,1H3,(H2,17,18);1H. The quantitative estimate of drug-likeness (QED) is 0.392. The predicted octanol–water partition coefficient (Wildman–Crippen LogP) is 3.30. The first kappa shape index (κ1) is 18.9. The number of aliphatic imine (C=N–C) groups is 1. The largest absolute Gasteiger partial charge is 0.370 e. The summed E-state index contributed by atoms with van der Waals surface area (Å²) in [7, 11) is 0. The lowest BCUT2D eigenvalue weighted by Crippen LogP contribution is -2.42. The molecular weight excluding hydrogens is 489 g/mol. The van der Waals surface area contributed by atoms with Gasteiger partial charge in [0, 0.05) is 35.6 Å². The molecule has 2 aromatic rings. The number of hydrogen-bond donors (Lipinski definition) is 1. The first-order chi connectivity index (χ1) is 10.7. The highest BCUT2D eigenvalue weighted by Gasteiger charge is 2.13. The molecule has 2 heterocycles. The maximum atomic E-state index is 6.13. The fourth-order valence-electron chi connectivity index (χ4n) is 2.67. The molecule has 3 rings (SSSR count). The normalized spacial score (nSPS) is 15.7. The molecule has 2 N–H and O–H groups in total. The number of fused-ring (bicyclic) bond motifs is 1. The number of nitrogens with zero attached hydrogens (tertiary/aromatic N) is 4. The second kappa shape index (κ2) is 8.57. The summed E-state index contributed by atoms with van der Waals surface area (Å²) in [5, 5.41) is 0. The van der Waals surface area contributed by atoms with Crippen molar-refractivity contribution in [2.75, 3.05) is 24.6 Å². The lowest BCUT2D eigenvalue weighted by molar-refractivity contribution is 0.455. The first-order valence-corrected chi connectivity index (χ1v) is 9.41. The molecule has 1 aliphatic heterocycles. The van der Waals surface area contributed by atoms with E-state index in [1.165, 1.54) is 0 Å². The lowest BCUT2D eigenvalue weighted by atomic mass is 10.3. The van der Waals surface area contributed by atoms with Crippen LogP contribution in [0.4, 0.5) is 0 Å². The second-order valence-electron chi connectivity index (χ2n) is 5.18. The van der Waals surface area contributed by atoms with Crippen molar-refractivity contribution in [3.8, 4) is 0 Å². The number of nitrogens with two attached hydrogens (primary N) is 1. The van der Waals surface area contributed by atoms with Crippen molar-refractivity contribution >= 4 is 68.7 Å². The molecule has 1 aromatic heterocycles.